The summed E-state index contributed by atoms with van der Waals surface area (Å²) in [6.07, 6.45) is 0. The summed E-state index contributed by atoms with van der Waals surface area (Å²) in [6.45, 7) is 1.04. The topological polar surface area (TPSA) is 65.1 Å². The number of benzene rings is 2. The molecule has 2 aromatic carbocycles. The van der Waals surface area contributed by atoms with E-state index in [0.717, 1.165) is 15.7 Å². The van der Waals surface area contributed by atoms with Gasteiger partial charge in [-0.15, -0.1) is 0 Å². The maximum atomic E-state index is 13.0. The first-order valence-electron chi connectivity index (χ1n) is 9.52. The molecule has 4 aromatic rings. The van der Waals surface area contributed by atoms with Crippen molar-refractivity contribution in [2.24, 2.45) is 14.1 Å². The van der Waals surface area contributed by atoms with E-state index in [0.29, 0.717) is 35.2 Å². The van der Waals surface area contributed by atoms with Crippen LogP contribution in [-0.2, 0) is 27.2 Å². The lowest BCUT2D eigenvalue weighted by Gasteiger charge is -2.20. The van der Waals surface area contributed by atoms with Gasteiger partial charge in [0.1, 0.15) is 0 Å². The van der Waals surface area contributed by atoms with Crippen LogP contribution in [0.4, 0.5) is 5.95 Å². The van der Waals surface area contributed by atoms with Crippen molar-refractivity contribution in [2.75, 3.05) is 11.9 Å². The predicted molar refractivity (Wildman–Crippen MR) is 119 cm³/mol. The fourth-order valence-corrected chi connectivity index (χ4v) is 3.70. The first-order valence-corrected chi connectivity index (χ1v) is 9.90. The fraction of sp³-hybridized carbons (Fsp3) is 0.227. The Morgan fingerprint density at radius 3 is 2.27 bits per heavy atom. The second kappa shape index (κ2) is 7.84. The molecule has 0 amide bonds. The number of halogens is 1. The molecule has 0 N–H and O–H groups in total. The highest BCUT2D eigenvalue weighted by atomic mass is 35.5. The summed E-state index contributed by atoms with van der Waals surface area (Å²) in [5, 5.41) is 0.647. The van der Waals surface area contributed by atoms with E-state index in [2.05, 4.69) is 0 Å². The van der Waals surface area contributed by atoms with Crippen molar-refractivity contribution in [3.63, 3.8) is 0 Å². The lowest BCUT2D eigenvalue weighted by Crippen LogP contribution is -2.37. The summed E-state index contributed by atoms with van der Waals surface area (Å²) in [6, 6.07) is 17.5. The SMILES string of the molecule is CN(Cc1ccccc1)c1nc2c(c(=O)n(C)c(=O)n2C)n1Cc1ccc(Cl)cc1. The van der Waals surface area contributed by atoms with Gasteiger partial charge in [0.2, 0.25) is 5.95 Å². The lowest BCUT2D eigenvalue weighted by molar-refractivity contribution is 0.701. The average molecular weight is 424 g/mol. The molecule has 0 spiro atoms. The van der Waals surface area contributed by atoms with Crippen LogP contribution in [0, 0.1) is 0 Å². The quantitative estimate of drug-likeness (QED) is 0.495. The largest absolute Gasteiger partial charge is 0.341 e. The van der Waals surface area contributed by atoms with Crippen LogP contribution in [0.5, 0.6) is 0 Å². The Kier molecular flexibility index (Phi) is 5.22. The highest BCUT2D eigenvalue weighted by Gasteiger charge is 2.21. The predicted octanol–water partition coefficient (Wildman–Crippen LogP) is 2.77. The summed E-state index contributed by atoms with van der Waals surface area (Å²) in [4.78, 5) is 32.1. The number of hydrogen-bond acceptors (Lipinski definition) is 4. The zero-order chi connectivity index (χ0) is 21.4. The molecule has 2 aromatic heterocycles. The second-order valence-corrected chi connectivity index (χ2v) is 7.78. The van der Waals surface area contributed by atoms with E-state index >= 15 is 0 Å². The van der Waals surface area contributed by atoms with Gasteiger partial charge in [-0.2, -0.15) is 4.98 Å². The normalized spacial score (nSPS) is 11.2. The minimum absolute atomic E-state index is 0.367. The molecule has 0 aliphatic rings. The van der Waals surface area contributed by atoms with Crippen molar-refractivity contribution in [3.8, 4) is 0 Å². The lowest BCUT2D eigenvalue weighted by atomic mass is 10.2. The summed E-state index contributed by atoms with van der Waals surface area (Å²) >= 11 is 6.03. The third-order valence-corrected chi connectivity index (χ3v) is 5.44. The summed E-state index contributed by atoms with van der Waals surface area (Å²) < 4.78 is 4.39. The summed E-state index contributed by atoms with van der Waals surface area (Å²) in [7, 11) is 5.04. The van der Waals surface area contributed by atoms with Gasteiger partial charge in [-0.25, -0.2) is 4.79 Å². The Morgan fingerprint density at radius 2 is 1.60 bits per heavy atom. The Morgan fingerprint density at radius 1 is 0.933 bits per heavy atom. The van der Waals surface area contributed by atoms with Gasteiger partial charge in [0.15, 0.2) is 11.2 Å². The Balaban J connectivity index is 1.90. The Hall–Kier alpha value is -3.32. The highest BCUT2D eigenvalue weighted by Crippen LogP contribution is 2.22. The molecule has 0 saturated carbocycles. The van der Waals surface area contributed by atoms with Gasteiger partial charge in [0.05, 0.1) is 6.54 Å². The van der Waals surface area contributed by atoms with Crippen LogP contribution in [0.15, 0.2) is 64.2 Å². The molecule has 154 valence electrons. The van der Waals surface area contributed by atoms with Crippen molar-refractivity contribution < 1.29 is 0 Å². The molecule has 0 saturated heterocycles. The van der Waals surface area contributed by atoms with Crippen molar-refractivity contribution in [2.45, 2.75) is 13.1 Å². The minimum Gasteiger partial charge on any atom is -0.341 e. The number of anilines is 1. The van der Waals surface area contributed by atoms with Crippen LogP contribution in [0.2, 0.25) is 5.02 Å². The zero-order valence-electron chi connectivity index (χ0n) is 17.0. The van der Waals surface area contributed by atoms with Gasteiger partial charge in [0.25, 0.3) is 5.56 Å². The first-order chi connectivity index (χ1) is 14.4. The molecular weight excluding hydrogens is 402 g/mol. The minimum atomic E-state index is -0.402. The van der Waals surface area contributed by atoms with Gasteiger partial charge in [0, 0.05) is 32.7 Å². The molecule has 8 heteroatoms. The van der Waals surface area contributed by atoms with Crippen LogP contribution in [-0.4, -0.2) is 25.7 Å². The van der Waals surface area contributed by atoms with E-state index < -0.39 is 5.69 Å². The Bertz CT molecular complexity index is 1320. The number of imidazole rings is 1. The van der Waals surface area contributed by atoms with Gasteiger partial charge < -0.3 is 4.90 Å². The van der Waals surface area contributed by atoms with E-state index in [1.54, 1.807) is 7.05 Å². The Labute approximate surface area is 178 Å². The molecule has 0 atom stereocenters. The van der Waals surface area contributed by atoms with Gasteiger partial charge in [-0.3, -0.25) is 18.5 Å². The van der Waals surface area contributed by atoms with Crippen molar-refractivity contribution in [1.82, 2.24) is 18.7 Å². The van der Waals surface area contributed by atoms with Gasteiger partial charge in [-0.05, 0) is 23.3 Å². The van der Waals surface area contributed by atoms with E-state index in [4.69, 9.17) is 16.6 Å². The molecule has 0 fully saturated rings. The number of nitrogens with zero attached hydrogens (tertiary/aromatic N) is 5. The number of rotatable bonds is 5. The maximum Gasteiger partial charge on any atom is 0.332 e. The van der Waals surface area contributed by atoms with E-state index in [1.807, 2.05) is 71.1 Å². The maximum absolute atomic E-state index is 13.0. The average Bonchev–Trinajstić information content (AvgIpc) is 3.12. The number of aryl methyl sites for hydroxylation is 1. The van der Waals surface area contributed by atoms with E-state index in [-0.39, 0.29) is 5.56 Å². The zero-order valence-corrected chi connectivity index (χ0v) is 17.8. The van der Waals surface area contributed by atoms with Crippen LogP contribution in [0.3, 0.4) is 0 Å². The van der Waals surface area contributed by atoms with Crippen LogP contribution < -0.4 is 16.1 Å². The van der Waals surface area contributed by atoms with Gasteiger partial charge in [-0.1, -0.05) is 54.1 Å². The summed E-state index contributed by atoms with van der Waals surface area (Å²) in [5.74, 6) is 0.613. The molecule has 7 nitrogen and oxygen atoms in total. The van der Waals surface area contributed by atoms with Crippen molar-refractivity contribution in [1.29, 1.82) is 0 Å². The molecule has 0 aliphatic heterocycles. The molecular formula is C22H22ClN5O2. The van der Waals surface area contributed by atoms with Crippen LogP contribution in [0.25, 0.3) is 11.2 Å². The van der Waals surface area contributed by atoms with Crippen molar-refractivity contribution >= 4 is 28.7 Å². The number of aromatic nitrogens is 4. The fourth-order valence-electron chi connectivity index (χ4n) is 3.58. The van der Waals surface area contributed by atoms with E-state index in [9.17, 15) is 9.59 Å². The van der Waals surface area contributed by atoms with Crippen molar-refractivity contribution in [3.05, 3.63) is 91.6 Å². The third-order valence-electron chi connectivity index (χ3n) is 5.19. The standard InChI is InChI=1S/C22H22ClN5O2/c1-25(13-15-7-5-4-6-8-15)21-24-19-18(20(29)27(3)22(30)26(19)2)28(21)14-16-9-11-17(23)12-10-16/h4-12H,13-14H2,1-3H3. The molecule has 2 heterocycles. The molecule has 0 aliphatic carbocycles. The van der Waals surface area contributed by atoms with E-state index in [1.165, 1.54) is 11.6 Å². The number of fused-ring (bicyclic) bond motifs is 1. The summed E-state index contributed by atoms with van der Waals surface area (Å²) in [5.41, 5.74) is 2.09. The third kappa shape index (κ3) is 3.52. The molecule has 0 bridgehead atoms. The first kappa shape index (κ1) is 20.0. The molecule has 0 radical (unpaired) electrons. The smallest absolute Gasteiger partial charge is 0.332 e. The molecule has 4 rings (SSSR count). The molecule has 30 heavy (non-hydrogen) atoms. The van der Waals surface area contributed by atoms with Gasteiger partial charge >= 0.3 is 5.69 Å². The molecule has 0 unspecified atom stereocenters. The highest BCUT2D eigenvalue weighted by molar-refractivity contribution is 6.30. The van der Waals surface area contributed by atoms with Crippen LogP contribution >= 0.6 is 11.6 Å². The second-order valence-electron chi connectivity index (χ2n) is 7.34. The monoisotopic (exact) mass is 423 g/mol. The number of hydrogen-bond donors (Lipinski definition) is 0. The van der Waals surface area contributed by atoms with Crippen LogP contribution in [0.1, 0.15) is 11.1 Å².